The monoisotopic (exact) mass is 417 g/mol. The van der Waals surface area contributed by atoms with E-state index in [0.29, 0.717) is 28.8 Å². The van der Waals surface area contributed by atoms with Crippen molar-refractivity contribution in [2.75, 3.05) is 17.7 Å². The van der Waals surface area contributed by atoms with Crippen molar-refractivity contribution in [1.29, 1.82) is 0 Å². The van der Waals surface area contributed by atoms with Crippen molar-refractivity contribution in [2.45, 2.75) is 11.3 Å². The summed E-state index contributed by atoms with van der Waals surface area (Å²) in [5.41, 5.74) is -2.51. The lowest BCUT2D eigenvalue weighted by atomic mass is 10.0. The molecule has 3 nitrogen and oxygen atoms in total. The van der Waals surface area contributed by atoms with Crippen LogP contribution in [-0.2, 0) is 4.79 Å². The highest BCUT2D eigenvalue weighted by Gasteiger charge is 2.36. The van der Waals surface area contributed by atoms with Crippen molar-refractivity contribution in [2.24, 2.45) is 0 Å². The number of rotatable bonds is 3. The maximum absolute atomic E-state index is 14.5. The summed E-state index contributed by atoms with van der Waals surface area (Å²) in [7, 11) is 0. The van der Waals surface area contributed by atoms with E-state index in [9.17, 15) is 31.1 Å². The maximum Gasteiger partial charge on any atom is 0.317 e. The number of fused-ring (bicyclic) bond motifs is 1. The zero-order valence-corrected chi connectivity index (χ0v) is 14.8. The molecule has 146 valence electrons. The van der Waals surface area contributed by atoms with Crippen LogP contribution in [0.5, 0.6) is 5.75 Å². The number of hydrogen-bond donors (Lipinski definition) is 0. The van der Waals surface area contributed by atoms with Gasteiger partial charge >= 0.3 is 12.3 Å². The largest absolute Gasteiger partial charge is 0.449 e. The first-order valence-corrected chi connectivity index (χ1v) is 8.74. The van der Waals surface area contributed by atoms with Gasteiger partial charge in [-0.05, 0) is 12.3 Å². The van der Waals surface area contributed by atoms with Gasteiger partial charge in [-0.15, -0.1) is 18.2 Å². The van der Waals surface area contributed by atoms with Gasteiger partial charge in [0, 0.05) is 11.6 Å². The average Bonchev–Trinajstić information content (AvgIpc) is 2.65. The summed E-state index contributed by atoms with van der Waals surface area (Å²) in [6.07, 6.45) is 3.86. The number of nitrogens with zero attached hydrogens (tertiary/aromatic N) is 1. The molecule has 0 bridgehead atoms. The molecule has 1 atom stereocenters. The first-order valence-electron chi connectivity index (χ1n) is 7.52. The number of ether oxygens (including phenoxy) is 1. The lowest BCUT2D eigenvalue weighted by Gasteiger charge is -2.30. The van der Waals surface area contributed by atoms with Crippen molar-refractivity contribution < 1.29 is 35.9 Å². The minimum Gasteiger partial charge on any atom is -0.449 e. The van der Waals surface area contributed by atoms with Gasteiger partial charge in [0.1, 0.15) is 5.82 Å². The number of benzene rings is 2. The predicted octanol–water partition coefficient (Wildman–Crippen LogP) is 4.43. The van der Waals surface area contributed by atoms with Crippen LogP contribution in [0.1, 0.15) is 0 Å². The number of carbonyl (C=O) groups is 1. The second kappa shape index (κ2) is 7.31. The van der Waals surface area contributed by atoms with Gasteiger partial charge < -0.3 is 4.74 Å². The number of thioether (sulfide) groups is 1. The van der Waals surface area contributed by atoms with Gasteiger partial charge in [0.25, 0.3) is 0 Å². The van der Waals surface area contributed by atoms with Gasteiger partial charge in [0.2, 0.25) is 0 Å². The number of carbonyl (C=O) groups excluding carboxylic acids is 1. The second-order valence-electron chi connectivity index (χ2n) is 5.53. The Morgan fingerprint density at radius 1 is 1.14 bits per heavy atom. The van der Waals surface area contributed by atoms with Gasteiger partial charge in [-0.2, -0.15) is 4.39 Å². The van der Waals surface area contributed by atoms with Gasteiger partial charge in [-0.1, -0.05) is 5.92 Å². The van der Waals surface area contributed by atoms with Crippen LogP contribution in [-0.4, -0.2) is 25.1 Å². The smallest absolute Gasteiger partial charge is 0.317 e. The predicted molar refractivity (Wildman–Crippen MR) is 90.2 cm³/mol. The van der Waals surface area contributed by atoms with Crippen LogP contribution in [0.3, 0.4) is 0 Å². The number of anilines is 1. The Bertz CT molecular complexity index is 1010. The Balaban J connectivity index is 2.29. The molecule has 0 radical (unpaired) electrons. The lowest BCUT2D eigenvalue weighted by Crippen LogP contribution is -2.44. The fourth-order valence-corrected chi connectivity index (χ4v) is 3.26. The SMILES string of the molecule is C#CCN1C(=O)C(F)Oc2cc(F)c(-c3c(F)c(F)c(SC)c(F)c3F)cc21. The highest BCUT2D eigenvalue weighted by molar-refractivity contribution is 7.98. The Labute approximate surface area is 159 Å². The molecule has 10 heteroatoms. The zero-order chi connectivity index (χ0) is 20.7. The van der Waals surface area contributed by atoms with Crippen LogP contribution in [0.25, 0.3) is 11.1 Å². The van der Waals surface area contributed by atoms with Crippen LogP contribution in [0.15, 0.2) is 17.0 Å². The van der Waals surface area contributed by atoms with Crippen LogP contribution in [0.2, 0.25) is 0 Å². The van der Waals surface area contributed by atoms with E-state index >= 15 is 0 Å². The molecule has 2 aromatic rings. The number of hydrogen-bond acceptors (Lipinski definition) is 3. The topological polar surface area (TPSA) is 29.5 Å². The van der Waals surface area contributed by atoms with E-state index in [1.807, 2.05) is 0 Å². The molecule has 0 aromatic heterocycles. The minimum atomic E-state index is -2.46. The third-order valence-electron chi connectivity index (χ3n) is 3.98. The molecule has 0 saturated carbocycles. The maximum atomic E-state index is 14.5. The first-order chi connectivity index (χ1) is 13.2. The van der Waals surface area contributed by atoms with Crippen molar-refractivity contribution in [3.8, 4) is 29.2 Å². The van der Waals surface area contributed by atoms with Gasteiger partial charge in [0.05, 0.1) is 22.7 Å². The molecule has 2 aromatic carbocycles. The molecular weight excluding hydrogens is 408 g/mol. The zero-order valence-electron chi connectivity index (χ0n) is 14.0. The molecule has 0 aliphatic carbocycles. The molecule has 1 amide bonds. The van der Waals surface area contributed by atoms with Crippen molar-refractivity contribution >= 4 is 23.4 Å². The normalized spacial score (nSPS) is 15.9. The molecular formula is C18H9F6NO2S. The van der Waals surface area contributed by atoms with Crippen molar-refractivity contribution in [3.63, 3.8) is 0 Å². The third kappa shape index (κ3) is 2.96. The standard InChI is InChI=1S/C18H9F6NO2S/c1-3-4-25-9-5-7(8(19)6-10(9)27-17(24)18(25)26)11-12(20)14(22)16(28-2)15(23)13(11)21/h1,5-6,17H,4H2,2H3. The Kier molecular flexibility index (Phi) is 5.21. The van der Waals surface area contributed by atoms with Crippen molar-refractivity contribution in [1.82, 2.24) is 0 Å². The molecule has 0 N–H and O–H groups in total. The number of alkyl halides is 1. The van der Waals surface area contributed by atoms with E-state index in [1.165, 1.54) is 6.26 Å². The van der Waals surface area contributed by atoms with Gasteiger partial charge in [-0.3, -0.25) is 9.69 Å². The molecule has 0 spiro atoms. The molecule has 1 aliphatic rings. The number of halogens is 6. The van der Waals surface area contributed by atoms with Crippen LogP contribution in [0.4, 0.5) is 32.0 Å². The Morgan fingerprint density at radius 3 is 2.29 bits per heavy atom. The second-order valence-corrected chi connectivity index (χ2v) is 6.34. The summed E-state index contributed by atoms with van der Waals surface area (Å²) >= 11 is 0.428. The number of terminal acetylenes is 1. The lowest BCUT2D eigenvalue weighted by molar-refractivity contribution is -0.133. The summed E-state index contributed by atoms with van der Waals surface area (Å²) in [5, 5.41) is 0. The molecule has 1 heterocycles. The number of amides is 1. The summed E-state index contributed by atoms with van der Waals surface area (Å²) in [6, 6.07) is 1.26. The fraction of sp³-hybridized carbons (Fsp3) is 0.167. The third-order valence-corrected chi connectivity index (χ3v) is 4.74. The van der Waals surface area contributed by atoms with E-state index in [2.05, 4.69) is 10.7 Å². The van der Waals surface area contributed by atoms with E-state index < -0.39 is 69.7 Å². The summed E-state index contributed by atoms with van der Waals surface area (Å²) in [4.78, 5) is 11.7. The molecule has 0 saturated heterocycles. The average molecular weight is 417 g/mol. The Morgan fingerprint density at radius 2 is 1.75 bits per heavy atom. The van der Waals surface area contributed by atoms with Gasteiger partial charge in [-0.25, -0.2) is 22.0 Å². The summed E-state index contributed by atoms with van der Waals surface area (Å²) in [5.74, 6) is -8.01. The molecule has 0 fully saturated rings. The van der Waals surface area contributed by atoms with Crippen LogP contribution in [0, 0.1) is 41.4 Å². The Hall–Kier alpha value is -2.80. The van der Waals surface area contributed by atoms with Crippen molar-refractivity contribution in [3.05, 3.63) is 41.2 Å². The summed E-state index contributed by atoms with van der Waals surface area (Å²) < 4.78 is 89.8. The van der Waals surface area contributed by atoms with E-state index in [0.717, 1.165) is 0 Å². The van der Waals surface area contributed by atoms with E-state index in [1.54, 1.807) is 0 Å². The molecule has 1 aliphatic heterocycles. The van der Waals surface area contributed by atoms with E-state index in [4.69, 9.17) is 6.42 Å². The molecule has 3 rings (SSSR count). The van der Waals surface area contributed by atoms with Crippen LogP contribution >= 0.6 is 11.8 Å². The fourth-order valence-electron chi connectivity index (χ4n) is 2.73. The molecule has 1 unspecified atom stereocenters. The quantitative estimate of drug-likeness (QED) is 0.321. The van der Waals surface area contributed by atoms with E-state index in [-0.39, 0.29) is 5.69 Å². The highest BCUT2D eigenvalue weighted by atomic mass is 32.2. The summed E-state index contributed by atoms with van der Waals surface area (Å²) in [6.45, 7) is -0.459. The molecule has 28 heavy (non-hydrogen) atoms. The van der Waals surface area contributed by atoms with Gasteiger partial charge in [0.15, 0.2) is 29.0 Å². The minimum absolute atomic E-state index is 0.304. The highest BCUT2D eigenvalue weighted by Crippen LogP contribution is 2.42. The first kappa shape index (κ1) is 19.9. The van der Waals surface area contributed by atoms with Crippen LogP contribution < -0.4 is 9.64 Å².